The van der Waals surface area contributed by atoms with E-state index in [1.54, 1.807) is 0 Å². The van der Waals surface area contributed by atoms with Gasteiger partial charge in [-0.3, -0.25) is 10.1 Å². The number of nitrogens with one attached hydrogen (secondary N) is 1. The zero-order valence-electron chi connectivity index (χ0n) is 18.4. The molecule has 9 heteroatoms. The summed E-state index contributed by atoms with van der Waals surface area (Å²) < 4.78 is 5.52. The van der Waals surface area contributed by atoms with Crippen LogP contribution in [0.2, 0.25) is 0 Å². The molecule has 8 nitrogen and oxygen atoms in total. The van der Waals surface area contributed by atoms with Crippen LogP contribution in [0.1, 0.15) is 47.3 Å². The van der Waals surface area contributed by atoms with Gasteiger partial charge in [-0.2, -0.15) is 0 Å². The molecule has 3 aromatic rings. The highest BCUT2D eigenvalue weighted by Crippen LogP contribution is 2.44. The van der Waals surface area contributed by atoms with Gasteiger partial charge in [-0.15, -0.1) is 11.3 Å². The van der Waals surface area contributed by atoms with Crippen molar-refractivity contribution < 1.29 is 24.2 Å². The molecular weight excluding hydrogens is 454 g/mol. The van der Waals surface area contributed by atoms with Crippen LogP contribution in [0.5, 0.6) is 0 Å². The third-order valence-electron chi connectivity index (χ3n) is 6.23. The third-order valence-corrected chi connectivity index (χ3v) is 6.98. The molecule has 1 atom stereocenters. The fourth-order valence-corrected chi connectivity index (χ4v) is 5.08. The zero-order valence-corrected chi connectivity index (χ0v) is 19.2. The predicted molar refractivity (Wildman–Crippen MR) is 127 cm³/mol. The van der Waals surface area contributed by atoms with Crippen LogP contribution in [0.15, 0.2) is 53.9 Å². The molecule has 2 N–H and O–H groups in total. The van der Waals surface area contributed by atoms with Crippen LogP contribution < -0.4 is 5.32 Å². The van der Waals surface area contributed by atoms with Gasteiger partial charge >= 0.3 is 12.1 Å². The summed E-state index contributed by atoms with van der Waals surface area (Å²) in [5, 5.41) is 13.7. The van der Waals surface area contributed by atoms with Crippen LogP contribution in [-0.4, -0.2) is 51.7 Å². The largest absolute Gasteiger partial charge is 0.480 e. The number of ether oxygens (including phenoxy) is 1. The van der Waals surface area contributed by atoms with Crippen LogP contribution >= 0.6 is 11.3 Å². The molecule has 2 aromatic carbocycles. The van der Waals surface area contributed by atoms with E-state index in [0.717, 1.165) is 46.4 Å². The molecule has 2 aliphatic rings. The van der Waals surface area contributed by atoms with Crippen LogP contribution in [0.3, 0.4) is 0 Å². The van der Waals surface area contributed by atoms with Gasteiger partial charge in [0.1, 0.15) is 18.3 Å². The molecule has 1 aromatic heterocycles. The van der Waals surface area contributed by atoms with Crippen LogP contribution in [0.25, 0.3) is 11.1 Å². The molecule has 0 radical (unpaired) electrons. The van der Waals surface area contributed by atoms with Crippen molar-refractivity contribution in [3.63, 3.8) is 0 Å². The van der Waals surface area contributed by atoms with Gasteiger partial charge in [0.15, 0.2) is 5.13 Å². The summed E-state index contributed by atoms with van der Waals surface area (Å²) >= 11 is 1.09. The van der Waals surface area contributed by atoms with E-state index in [2.05, 4.69) is 22.4 Å². The monoisotopic (exact) mass is 477 g/mol. The molecule has 2 aliphatic carbocycles. The first-order chi connectivity index (χ1) is 16.4. The average Bonchev–Trinajstić information content (AvgIpc) is 3.47. The van der Waals surface area contributed by atoms with E-state index in [0.29, 0.717) is 0 Å². The molecular formula is C25H23N3O5S. The summed E-state index contributed by atoms with van der Waals surface area (Å²) in [5.41, 5.74) is 4.63. The number of anilines is 1. The highest BCUT2D eigenvalue weighted by Gasteiger charge is 2.39. The van der Waals surface area contributed by atoms with E-state index in [-0.39, 0.29) is 29.4 Å². The van der Waals surface area contributed by atoms with Gasteiger partial charge in [-0.1, -0.05) is 48.5 Å². The Balaban J connectivity index is 1.24. The van der Waals surface area contributed by atoms with Gasteiger partial charge in [0.2, 0.25) is 0 Å². The van der Waals surface area contributed by atoms with Gasteiger partial charge in [0, 0.05) is 17.3 Å². The molecule has 1 unspecified atom stereocenters. The minimum absolute atomic E-state index is 0.0591. The van der Waals surface area contributed by atoms with E-state index in [4.69, 9.17) is 4.74 Å². The first-order valence-electron chi connectivity index (χ1n) is 11.1. The molecule has 5 rings (SSSR count). The van der Waals surface area contributed by atoms with Crippen molar-refractivity contribution in [2.45, 2.75) is 37.8 Å². The summed E-state index contributed by atoms with van der Waals surface area (Å²) in [5.74, 6) is -1.57. The lowest BCUT2D eigenvalue weighted by atomic mass is 9.98. The second-order valence-corrected chi connectivity index (χ2v) is 9.30. The van der Waals surface area contributed by atoms with Crippen LogP contribution in [0.4, 0.5) is 9.93 Å². The summed E-state index contributed by atoms with van der Waals surface area (Å²) in [6.07, 6.45) is 0.893. The molecule has 1 saturated carbocycles. The maximum Gasteiger partial charge on any atom is 0.413 e. The van der Waals surface area contributed by atoms with Crippen LogP contribution in [-0.2, 0) is 9.53 Å². The summed E-state index contributed by atoms with van der Waals surface area (Å²) in [6, 6.07) is 15.1. The number of nitrogens with zero attached hydrogens (tertiary/aromatic N) is 2. The molecule has 0 saturated heterocycles. The fraction of sp³-hybridized carbons (Fsp3) is 0.280. The molecule has 34 heavy (non-hydrogen) atoms. The smallest absolute Gasteiger partial charge is 0.413 e. The van der Waals surface area contributed by atoms with Gasteiger partial charge < -0.3 is 14.7 Å². The molecule has 174 valence electrons. The first kappa shape index (κ1) is 22.1. The minimum atomic E-state index is -1.06. The number of benzene rings is 2. The molecule has 0 spiro atoms. The van der Waals surface area contributed by atoms with E-state index in [1.807, 2.05) is 36.4 Å². The van der Waals surface area contributed by atoms with Crippen molar-refractivity contribution in [2.75, 3.05) is 11.9 Å². The third kappa shape index (κ3) is 4.14. The van der Waals surface area contributed by atoms with Gasteiger partial charge in [-0.25, -0.2) is 14.6 Å². The Kier molecular flexibility index (Phi) is 5.79. The Morgan fingerprint density at radius 2 is 1.74 bits per heavy atom. The second kappa shape index (κ2) is 8.90. The molecule has 0 aliphatic heterocycles. The molecule has 1 heterocycles. The summed E-state index contributed by atoms with van der Waals surface area (Å²) in [4.78, 5) is 42.3. The molecule has 0 bridgehead atoms. The minimum Gasteiger partial charge on any atom is -0.480 e. The number of carbonyl (C=O) groups excluding carboxylic acids is 2. The van der Waals surface area contributed by atoms with E-state index >= 15 is 0 Å². The van der Waals surface area contributed by atoms with Crippen molar-refractivity contribution in [3.05, 3.63) is 70.7 Å². The Morgan fingerprint density at radius 1 is 1.12 bits per heavy atom. The Hall–Kier alpha value is -3.72. The second-order valence-electron chi connectivity index (χ2n) is 8.45. The number of carboxylic acids is 1. The first-order valence-corrected chi connectivity index (χ1v) is 11.9. The van der Waals surface area contributed by atoms with Gasteiger partial charge in [0.25, 0.3) is 5.91 Å². The normalized spacial score (nSPS) is 15.2. The lowest BCUT2D eigenvalue weighted by Crippen LogP contribution is -2.44. The van der Waals surface area contributed by atoms with E-state index in [1.165, 1.54) is 17.2 Å². The highest BCUT2D eigenvalue weighted by atomic mass is 32.1. The fourth-order valence-electron chi connectivity index (χ4n) is 4.41. The molecule has 2 amide bonds. The summed E-state index contributed by atoms with van der Waals surface area (Å²) in [6.45, 7) is 1.66. The van der Waals surface area contributed by atoms with Crippen LogP contribution in [0, 0.1) is 0 Å². The number of thiazole rings is 1. The Labute approximate surface area is 200 Å². The lowest BCUT2D eigenvalue weighted by molar-refractivity contribution is -0.141. The number of amides is 2. The Morgan fingerprint density at radius 3 is 2.32 bits per heavy atom. The van der Waals surface area contributed by atoms with Gasteiger partial charge in [0.05, 0.1) is 0 Å². The summed E-state index contributed by atoms with van der Waals surface area (Å²) in [7, 11) is 0. The number of fused-ring (bicyclic) bond motifs is 3. The van der Waals surface area contributed by atoms with Crippen molar-refractivity contribution in [3.8, 4) is 11.1 Å². The maximum atomic E-state index is 12.9. The van der Waals surface area contributed by atoms with Gasteiger partial charge in [-0.05, 0) is 42.0 Å². The lowest BCUT2D eigenvalue weighted by Gasteiger charge is -2.25. The average molecular weight is 478 g/mol. The number of hydrogen-bond acceptors (Lipinski definition) is 6. The topological polar surface area (TPSA) is 109 Å². The number of hydrogen-bond donors (Lipinski definition) is 2. The van der Waals surface area contributed by atoms with Crippen molar-refractivity contribution in [1.29, 1.82) is 0 Å². The number of carbonyl (C=O) groups is 3. The standard InChI is InChI=1S/C25H23N3O5S/c1-14(23(30)31)28(15-10-11-15)22(29)21-13-34-24(26-21)27-25(32)33-12-20-18-8-4-2-6-16(18)17-7-3-5-9-19(17)20/h2-9,13-15,20H,10-12H2,1H3,(H,30,31)(H,26,27,32). The highest BCUT2D eigenvalue weighted by molar-refractivity contribution is 7.14. The van der Waals surface area contributed by atoms with Crippen molar-refractivity contribution in [1.82, 2.24) is 9.88 Å². The maximum absolute atomic E-state index is 12.9. The zero-order chi connectivity index (χ0) is 23.8. The number of aromatic nitrogens is 1. The van der Waals surface area contributed by atoms with Crippen molar-refractivity contribution in [2.24, 2.45) is 0 Å². The quantitative estimate of drug-likeness (QED) is 0.516. The number of carboxylic acid groups (broad SMARTS) is 1. The Bertz CT molecular complexity index is 1220. The molecule has 1 fully saturated rings. The number of rotatable bonds is 7. The van der Waals surface area contributed by atoms with E-state index in [9.17, 15) is 19.5 Å². The van der Waals surface area contributed by atoms with Crippen molar-refractivity contribution >= 4 is 34.4 Å². The van der Waals surface area contributed by atoms with E-state index < -0.39 is 24.0 Å². The SMILES string of the molecule is CC(C(=O)O)N(C(=O)c1csc(NC(=O)OCC2c3ccccc3-c3ccccc32)n1)C1CC1. The predicted octanol–water partition coefficient (Wildman–Crippen LogP) is 4.58. The number of aliphatic carboxylic acids is 1.